The molecule has 0 bridgehead atoms. The van der Waals surface area contributed by atoms with Crippen molar-refractivity contribution < 1.29 is 14.6 Å². The smallest absolute Gasteiger partial charge is 0.346 e. The van der Waals surface area contributed by atoms with Gasteiger partial charge in [0.1, 0.15) is 10.6 Å². The number of thiophene rings is 1. The molecule has 2 heterocycles. The SMILES string of the molecule is COc1ccc(Cl)c(N2CCN(Cc3ccsc3C(=O)O)CC2)c1. The van der Waals surface area contributed by atoms with Gasteiger partial charge in [0, 0.05) is 38.8 Å². The lowest BCUT2D eigenvalue weighted by Gasteiger charge is -2.36. The van der Waals surface area contributed by atoms with Gasteiger partial charge in [-0.3, -0.25) is 4.90 Å². The molecular formula is C17H19ClN2O3S. The molecule has 5 nitrogen and oxygen atoms in total. The largest absolute Gasteiger partial charge is 0.497 e. The first-order valence-electron chi connectivity index (χ1n) is 7.69. The third-order valence-electron chi connectivity index (χ3n) is 4.20. The van der Waals surface area contributed by atoms with E-state index in [2.05, 4.69) is 9.80 Å². The van der Waals surface area contributed by atoms with Gasteiger partial charge in [-0.1, -0.05) is 11.6 Å². The maximum absolute atomic E-state index is 11.2. The molecule has 1 aliphatic rings. The Kier molecular flexibility index (Phi) is 5.28. The van der Waals surface area contributed by atoms with E-state index < -0.39 is 5.97 Å². The van der Waals surface area contributed by atoms with Crippen LogP contribution in [0.3, 0.4) is 0 Å². The molecule has 128 valence electrons. The van der Waals surface area contributed by atoms with Gasteiger partial charge in [0.05, 0.1) is 17.8 Å². The summed E-state index contributed by atoms with van der Waals surface area (Å²) in [4.78, 5) is 16.2. The zero-order chi connectivity index (χ0) is 17.1. The Morgan fingerprint density at radius 2 is 2.04 bits per heavy atom. The average Bonchev–Trinajstić information content (AvgIpc) is 3.05. The highest BCUT2D eigenvalue weighted by molar-refractivity contribution is 7.12. The van der Waals surface area contributed by atoms with Crippen molar-refractivity contribution in [3.8, 4) is 5.75 Å². The number of carboxylic acids is 1. The standard InChI is InChI=1S/C17H19ClN2O3S/c1-23-13-2-3-14(18)15(10-13)20-7-5-19(6-8-20)11-12-4-9-24-16(12)17(21)22/h2-4,9-10H,5-8,11H2,1H3,(H,21,22). The van der Waals surface area contributed by atoms with Crippen LogP contribution in [0.4, 0.5) is 5.69 Å². The van der Waals surface area contributed by atoms with Crippen LogP contribution in [0.15, 0.2) is 29.6 Å². The van der Waals surface area contributed by atoms with Crippen molar-refractivity contribution in [3.05, 3.63) is 45.1 Å². The minimum absolute atomic E-state index is 0.438. The summed E-state index contributed by atoms with van der Waals surface area (Å²) in [5, 5.41) is 11.8. The highest BCUT2D eigenvalue weighted by Gasteiger charge is 2.21. The second kappa shape index (κ2) is 7.42. The summed E-state index contributed by atoms with van der Waals surface area (Å²) in [6.45, 7) is 4.09. The molecule has 0 saturated carbocycles. The van der Waals surface area contributed by atoms with Gasteiger partial charge < -0.3 is 14.7 Å². The molecule has 2 aromatic rings. The zero-order valence-electron chi connectivity index (χ0n) is 13.4. The molecule has 24 heavy (non-hydrogen) atoms. The van der Waals surface area contributed by atoms with Gasteiger partial charge in [-0.05, 0) is 29.1 Å². The molecule has 1 N–H and O–H groups in total. The van der Waals surface area contributed by atoms with E-state index >= 15 is 0 Å². The van der Waals surface area contributed by atoms with Crippen molar-refractivity contribution in [1.82, 2.24) is 4.90 Å². The number of carboxylic acid groups (broad SMARTS) is 1. The summed E-state index contributed by atoms with van der Waals surface area (Å²) < 4.78 is 5.28. The number of hydrogen-bond donors (Lipinski definition) is 1. The molecular weight excluding hydrogens is 348 g/mol. The molecule has 1 aliphatic heterocycles. The number of rotatable bonds is 5. The van der Waals surface area contributed by atoms with E-state index in [1.54, 1.807) is 7.11 Å². The van der Waals surface area contributed by atoms with Gasteiger partial charge in [-0.2, -0.15) is 0 Å². The summed E-state index contributed by atoms with van der Waals surface area (Å²) in [5.74, 6) is -0.0528. The summed E-state index contributed by atoms with van der Waals surface area (Å²) in [6, 6.07) is 7.57. The number of methoxy groups -OCH3 is 1. The van der Waals surface area contributed by atoms with Gasteiger partial charge in [0.2, 0.25) is 0 Å². The zero-order valence-corrected chi connectivity index (χ0v) is 14.9. The van der Waals surface area contributed by atoms with E-state index in [-0.39, 0.29) is 0 Å². The minimum Gasteiger partial charge on any atom is -0.497 e. The highest BCUT2D eigenvalue weighted by atomic mass is 35.5. The van der Waals surface area contributed by atoms with Crippen LogP contribution in [0.5, 0.6) is 5.75 Å². The fourth-order valence-corrected chi connectivity index (χ4v) is 3.89. The maximum Gasteiger partial charge on any atom is 0.346 e. The van der Waals surface area contributed by atoms with Gasteiger partial charge in [0.15, 0.2) is 0 Å². The first-order chi connectivity index (χ1) is 11.6. The molecule has 3 rings (SSSR count). The first-order valence-corrected chi connectivity index (χ1v) is 8.94. The maximum atomic E-state index is 11.2. The quantitative estimate of drug-likeness (QED) is 0.878. The topological polar surface area (TPSA) is 53.0 Å². The highest BCUT2D eigenvalue weighted by Crippen LogP contribution is 2.31. The van der Waals surface area contributed by atoms with Crippen LogP contribution in [0.1, 0.15) is 15.2 Å². The fraction of sp³-hybridized carbons (Fsp3) is 0.353. The van der Waals surface area contributed by atoms with Gasteiger partial charge >= 0.3 is 5.97 Å². The molecule has 1 fully saturated rings. The molecule has 0 aliphatic carbocycles. The average molecular weight is 367 g/mol. The third-order valence-corrected chi connectivity index (χ3v) is 5.47. The number of anilines is 1. The molecule has 0 spiro atoms. The van der Waals surface area contributed by atoms with Crippen LogP contribution >= 0.6 is 22.9 Å². The van der Waals surface area contributed by atoms with Crippen LogP contribution in [0, 0.1) is 0 Å². The number of hydrogen-bond acceptors (Lipinski definition) is 5. The number of carbonyl (C=O) groups is 1. The molecule has 0 atom stereocenters. The monoisotopic (exact) mass is 366 g/mol. The minimum atomic E-state index is -0.846. The Labute approximate surface area is 150 Å². The Morgan fingerprint density at radius 3 is 2.71 bits per heavy atom. The van der Waals surface area contributed by atoms with Crippen molar-refractivity contribution in [2.75, 3.05) is 38.2 Å². The molecule has 1 aromatic carbocycles. The van der Waals surface area contributed by atoms with Crippen molar-refractivity contribution >= 4 is 34.6 Å². The van der Waals surface area contributed by atoms with Crippen LogP contribution in [-0.4, -0.2) is 49.3 Å². The van der Waals surface area contributed by atoms with Gasteiger partial charge in [-0.25, -0.2) is 4.79 Å². The predicted molar refractivity (Wildman–Crippen MR) is 96.8 cm³/mol. The number of halogens is 1. The van der Waals surface area contributed by atoms with Crippen molar-refractivity contribution in [2.24, 2.45) is 0 Å². The van der Waals surface area contributed by atoms with Crippen LogP contribution < -0.4 is 9.64 Å². The van der Waals surface area contributed by atoms with Crippen LogP contribution in [0.25, 0.3) is 0 Å². The van der Waals surface area contributed by atoms with E-state index in [0.717, 1.165) is 48.2 Å². The lowest BCUT2D eigenvalue weighted by molar-refractivity contribution is 0.0700. The second-order valence-corrected chi connectivity index (χ2v) is 6.98. The summed E-state index contributed by atoms with van der Waals surface area (Å²) in [7, 11) is 1.64. The van der Waals surface area contributed by atoms with Gasteiger partial charge in [-0.15, -0.1) is 11.3 Å². The van der Waals surface area contributed by atoms with Gasteiger partial charge in [0.25, 0.3) is 0 Å². The fourth-order valence-electron chi connectivity index (χ4n) is 2.90. The molecule has 0 radical (unpaired) electrons. The normalized spacial score (nSPS) is 15.5. The van der Waals surface area contributed by atoms with E-state index in [4.69, 9.17) is 16.3 Å². The lowest BCUT2D eigenvalue weighted by atomic mass is 10.2. The summed E-state index contributed by atoms with van der Waals surface area (Å²) in [5.41, 5.74) is 1.87. The number of piperazine rings is 1. The van der Waals surface area contributed by atoms with E-state index in [1.807, 2.05) is 29.6 Å². The summed E-state index contributed by atoms with van der Waals surface area (Å²) >= 11 is 7.60. The van der Waals surface area contributed by atoms with Crippen molar-refractivity contribution in [2.45, 2.75) is 6.54 Å². The Morgan fingerprint density at radius 1 is 1.29 bits per heavy atom. The number of nitrogens with zero attached hydrogens (tertiary/aromatic N) is 2. The van der Waals surface area contributed by atoms with Crippen molar-refractivity contribution in [1.29, 1.82) is 0 Å². The van der Waals surface area contributed by atoms with E-state index in [1.165, 1.54) is 11.3 Å². The van der Waals surface area contributed by atoms with Crippen molar-refractivity contribution in [3.63, 3.8) is 0 Å². The first kappa shape index (κ1) is 17.1. The van der Waals surface area contributed by atoms with E-state index in [9.17, 15) is 9.90 Å². The van der Waals surface area contributed by atoms with Crippen LogP contribution in [0.2, 0.25) is 5.02 Å². The molecule has 0 amide bonds. The second-order valence-electron chi connectivity index (χ2n) is 5.66. The Bertz CT molecular complexity index is 726. The number of ether oxygens (including phenoxy) is 1. The molecule has 1 saturated heterocycles. The molecule has 0 unspecified atom stereocenters. The number of aromatic carboxylic acids is 1. The lowest BCUT2D eigenvalue weighted by Crippen LogP contribution is -2.46. The van der Waals surface area contributed by atoms with Crippen LogP contribution in [-0.2, 0) is 6.54 Å². The van der Waals surface area contributed by atoms with E-state index in [0.29, 0.717) is 11.4 Å². The molecule has 7 heteroatoms. The Hall–Kier alpha value is -1.76. The third kappa shape index (κ3) is 3.66. The predicted octanol–water partition coefficient (Wildman–Crippen LogP) is 3.43. The Balaban J connectivity index is 1.64. The molecule has 1 aromatic heterocycles. The summed E-state index contributed by atoms with van der Waals surface area (Å²) in [6.07, 6.45) is 0. The number of benzene rings is 1.